The van der Waals surface area contributed by atoms with Crippen molar-refractivity contribution in [2.45, 2.75) is 19.9 Å². The molecule has 3 rings (SSSR count). The lowest BCUT2D eigenvalue weighted by atomic mass is 10.2. The van der Waals surface area contributed by atoms with Crippen LogP contribution in [0.4, 0.5) is 0 Å². The first-order chi connectivity index (χ1) is 9.20. The molecule has 1 atom stereocenters. The van der Waals surface area contributed by atoms with E-state index in [9.17, 15) is 0 Å². The molecule has 0 bridgehead atoms. The van der Waals surface area contributed by atoms with Crippen molar-refractivity contribution in [3.05, 3.63) is 34.6 Å². The zero-order valence-electron chi connectivity index (χ0n) is 10.8. The van der Waals surface area contributed by atoms with E-state index in [2.05, 4.69) is 38.0 Å². The van der Waals surface area contributed by atoms with Crippen LogP contribution < -0.4 is 0 Å². The highest BCUT2D eigenvalue weighted by atomic mass is 79.9. The van der Waals surface area contributed by atoms with Crippen molar-refractivity contribution in [1.29, 1.82) is 0 Å². The molecule has 2 aromatic rings. The lowest BCUT2D eigenvalue weighted by molar-refractivity contribution is 0.284. The summed E-state index contributed by atoms with van der Waals surface area (Å²) >= 11 is 3.41. The highest BCUT2D eigenvalue weighted by Crippen LogP contribution is 2.22. The number of aromatic nitrogens is 2. The number of benzene rings is 1. The molecule has 0 aliphatic carbocycles. The summed E-state index contributed by atoms with van der Waals surface area (Å²) in [4.78, 5) is 2.36. The molecular weight excluding hydrogens is 306 g/mol. The average molecular weight is 322 g/mol. The second-order valence-corrected chi connectivity index (χ2v) is 6.05. The van der Waals surface area contributed by atoms with Gasteiger partial charge in [0.1, 0.15) is 0 Å². The van der Waals surface area contributed by atoms with E-state index in [0.717, 1.165) is 35.6 Å². The Hall–Kier alpha value is -1.20. The lowest BCUT2D eigenvalue weighted by Gasteiger charge is -2.11. The predicted molar refractivity (Wildman–Crippen MR) is 76.5 cm³/mol. The van der Waals surface area contributed by atoms with Gasteiger partial charge in [-0.2, -0.15) is 0 Å². The zero-order valence-corrected chi connectivity index (χ0v) is 12.4. The molecular formula is C14H16BrN3O. The van der Waals surface area contributed by atoms with Crippen LogP contribution in [0.15, 0.2) is 33.2 Å². The number of hydrogen-bond acceptors (Lipinski definition) is 4. The SMILES string of the molecule is C[C@@H]1CCN(Cc2nnc(-c3ccc(Br)cc3)o2)C1. The number of nitrogens with zero attached hydrogens (tertiary/aromatic N) is 3. The molecule has 0 radical (unpaired) electrons. The van der Waals surface area contributed by atoms with Crippen molar-refractivity contribution in [2.75, 3.05) is 13.1 Å². The van der Waals surface area contributed by atoms with E-state index < -0.39 is 0 Å². The number of halogens is 1. The van der Waals surface area contributed by atoms with Crippen LogP contribution in [0, 0.1) is 5.92 Å². The average Bonchev–Trinajstić information content (AvgIpc) is 3.00. The van der Waals surface area contributed by atoms with Crippen molar-refractivity contribution in [2.24, 2.45) is 5.92 Å². The Balaban J connectivity index is 1.71. The largest absolute Gasteiger partial charge is 0.419 e. The van der Waals surface area contributed by atoms with Gasteiger partial charge in [-0.15, -0.1) is 10.2 Å². The topological polar surface area (TPSA) is 42.2 Å². The molecule has 19 heavy (non-hydrogen) atoms. The summed E-state index contributed by atoms with van der Waals surface area (Å²) in [7, 11) is 0. The Labute approximate surface area is 121 Å². The predicted octanol–water partition coefficient (Wildman–Crippen LogP) is 3.34. The highest BCUT2D eigenvalue weighted by Gasteiger charge is 2.20. The van der Waals surface area contributed by atoms with Gasteiger partial charge < -0.3 is 4.42 Å². The van der Waals surface area contributed by atoms with Crippen LogP contribution >= 0.6 is 15.9 Å². The van der Waals surface area contributed by atoms with Crippen LogP contribution in [0.3, 0.4) is 0 Å². The minimum absolute atomic E-state index is 0.592. The van der Waals surface area contributed by atoms with E-state index in [4.69, 9.17) is 4.42 Å². The molecule has 0 unspecified atom stereocenters. The van der Waals surface area contributed by atoms with Gasteiger partial charge >= 0.3 is 0 Å². The first kappa shape index (κ1) is 12.8. The Morgan fingerprint density at radius 2 is 2.11 bits per heavy atom. The molecule has 0 N–H and O–H groups in total. The first-order valence-electron chi connectivity index (χ1n) is 6.51. The van der Waals surface area contributed by atoms with E-state index in [1.807, 2.05) is 24.3 Å². The van der Waals surface area contributed by atoms with Gasteiger partial charge in [0, 0.05) is 16.6 Å². The third-order valence-electron chi connectivity index (χ3n) is 3.42. The summed E-state index contributed by atoms with van der Waals surface area (Å²) in [6, 6.07) is 7.89. The standard InChI is InChI=1S/C14H16BrN3O/c1-10-6-7-18(8-10)9-13-16-17-14(19-13)11-2-4-12(15)5-3-11/h2-5,10H,6-9H2,1H3/t10-/m1/s1. The number of rotatable bonds is 3. The van der Waals surface area contributed by atoms with Crippen LogP contribution in [0.1, 0.15) is 19.2 Å². The van der Waals surface area contributed by atoms with Gasteiger partial charge in [0.05, 0.1) is 6.54 Å². The van der Waals surface area contributed by atoms with Crippen LogP contribution in [0.2, 0.25) is 0 Å². The van der Waals surface area contributed by atoms with Crippen LogP contribution in [0.25, 0.3) is 11.5 Å². The lowest BCUT2D eigenvalue weighted by Crippen LogP contribution is -2.19. The molecule has 5 heteroatoms. The summed E-state index contributed by atoms with van der Waals surface area (Å²) in [5.74, 6) is 2.07. The molecule has 1 aliphatic heterocycles. The molecule has 0 spiro atoms. The summed E-state index contributed by atoms with van der Waals surface area (Å²) in [6.07, 6.45) is 1.26. The minimum atomic E-state index is 0.592. The molecule has 1 aliphatic rings. The monoisotopic (exact) mass is 321 g/mol. The van der Waals surface area contributed by atoms with Gasteiger partial charge in [0.2, 0.25) is 11.8 Å². The first-order valence-corrected chi connectivity index (χ1v) is 7.30. The van der Waals surface area contributed by atoms with Gasteiger partial charge in [0.15, 0.2) is 0 Å². The maximum Gasteiger partial charge on any atom is 0.247 e. The van der Waals surface area contributed by atoms with E-state index in [0.29, 0.717) is 11.8 Å². The van der Waals surface area contributed by atoms with Gasteiger partial charge in [-0.25, -0.2) is 0 Å². The molecule has 1 aromatic heterocycles. The third-order valence-corrected chi connectivity index (χ3v) is 3.95. The van der Waals surface area contributed by atoms with Crippen LogP contribution in [-0.4, -0.2) is 28.2 Å². The van der Waals surface area contributed by atoms with Crippen LogP contribution in [0.5, 0.6) is 0 Å². The highest BCUT2D eigenvalue weighted by molar-refractivity contribution is 9.10. The van der Waals surface area contributed by atoms with Gasteiger partial charge in [-0.3, -0.25) is 4.90 Å². The zero-order chi connectivity index (χ0) is 13.2. The maximum absolute atomic E-state index is 5.73. The van der Waals surface area contributed by atoms with Crippen molar-refractivity contribution in [1.82, 2.24) is 15.1 Å². The molecule has 4 nitrogen and oxygen atoms in total. The van der Waals surface area contributed by atoms with Gasteiger partial charge in [0.25, 0.3) is 0 Å². The summed E-state index contributed by atoms with van der Waals surface area (Å²) < 4.78 is 6.77. The van der Waals surface area contributed by atoms with E-state index in [1.165, 1.54) is 6.42 Å². The fourth-order valence-electron chi connectivity index (χ4n) is 2.39. The molecule has 100 valence electrons. The van der Waals surface area contributed by atoms with Gasteiger partial charge in [-0.05, 0) is 43.1 Å². The van der Waals surface area contributed by atoms with Crippen molar-refractivity contribution in [3.63, 3.8) is 0 Å². The maximum atomic E-state index is 5.73. The summed E-state index contributed by atoms with van der Waals surface area (Å²) in [5.41, 5.74) is 0.955. The van der Waals surface area contributed by atoms with E-state index >= 15 is 0 Å². The summed E-state index contributed by atoms with van der Waals surface area (Å²) in [6.45, 7) is 5.28. The fraction of sp³-hybridized carbons (Fsp3) is 0.429. The van der Waals surface area contributed by atoms with Crippen LogP contribution in [-0.2, 0) is 6.54 Å². The van der Waals surface area contributed by atoms with Crippen molar-refractivity contribution in [3.8, 4) is 11.5 Å². The smallest absolute Gasteiger partial charge is 0.247 e. The van der Waals surface area contributed by atoms with Crippen molar-refractivity contribution < 1.29 is 4.42 Å². The van der Waals surface area contributed by atoms with E-state index in [1.54, 1.807) is 0 Å². The second-order valence-electron chi connectivity index (χ2n) is 5.14. The Kier molecular flexibility index (Phi) is 3.66. The third kappa shape index (κ3) is 3.04. The molecule has 2 heterocycles. The van der Waals surface area contributed by atoms with Gasteiger partial charge in [-0.1, -0.05) is 22.9 Å². The minimum Gasteiger partial charge on any atom is -0.419 e. The molecule has 1 fully saturated rings. The second kappa shape index (κ2) is 5.43. The normalized spacial score (nSPS) is 20.0. The quantitative estimate of drug-likeness (QED) is 0.869. The fourth-order valence-corrected chi connectivity index (χ4v) is 2.65. The Bertz CT molecular complexity index is 552. The van der Waals surface area contributed by atoms with E-state index in [-0.39, 0.29) is 0 Å². The van der Waals surface area contributed by atoms with Crippen molar-refractivity contribution >= 4 is 15.9 Å². The Morgan fingerprint density at radius 1 is 1.32 bits per heavy atom. The number of hydrogen-bond donors (Lipinski definition) is 0. The summed E-state index contributed by atoms with van der Waals surface area (Å²) in [5, 5.41) is 8.25. The molecule has 0 saturated carbocycles. The molecule has 1 saturated heterocycles. The Morgan fingerprint density at radius 3 is 2.79 bits per heavy atom. The molecule has 1 aromatic carbocycles. The number of likely N-dealkylation sites (tertiary alicyclic amines) is 1. The molecule has 0 amide bonds.